The fourth-order valence-electron chi connectivity index (χ4n) is 2.13. The summed E-state index contributed by atoms with van der Waals surface area (Å²) in [5.74, 6) is 6.06. The van der Waals surface area contributed by atoms with Gasteiger partial charge in [0.2, 0.25) is 5.96 Å². The molecule has 0 bridgehead atoms. The minimum Gasteiger partial charge on any atom is -0.376 e. The van der Waals surface area contributed by atoms with E-state index in [4.69, 9.17) is 10.6 Å². The quantitative estimate of drug-likeness (QED) is 0.212. The molecule has 5 heteroatoms. The number of nitrogens with two attached hydrogens (primary N) is 1. The minimum atomic E-state index is 0.465. The highest BCUT2D eigenvalue weighted by Gasteiger charge is 2.12. The van der Waals surface area contributed by atoms with Gasteiger partial charge in [-0.3, -0.25) is 10.4 Å². The number of hydrogen-bond acceptors (Lipinski definition) is 3. The first-order chi connectivity index (χ1) is 8.86. The predicted molar refractivity (Wildman–Crippen MR) is 75.4 cm³/mol. The topological polar surface area (TPSA) is 71.7 Å². The Labute approximate surface area is 111 Å². The second kappa shape index (κ2) is 10.1. The van der Waals surface area contributed by atoms with Crippen molar-refractivity contribution >= 4 is 5.96 Å². The largest absolute Gasteiger partial charge is 0.376 e. The minimum absolute atomic E-state index is 0.465. The van der Waals surface area contributed by atoms with Crippen LogP contribution in [0.5, 0.6) is 0 Å². The molecule has 0 heterocycles. The van der Waals surface area contributed by atoms with E-state index in [-0.39, 0.29) is 0 Å². The summed E-state index contributed by atoms with van der Waals surface area (Å²) in [6.45, 7) is 4.44. The van der Waals surface area contributed by atoms with Crippen LogP contribution >= 0.6 is 0 Å². The van der Waals surface area contributed by atoms with Gasteiger partial charge in [0.1, 0.15) is 0 Å². The molecule has 1 aliphatic rings. The maximum Gasteiger partial charge on any atom is 0.205 e. The van der Waals surface area contributed by atoms with Crippen molar-refractivity contribution in [3.05, 3.63) is 0 Å². The molecule has 106 valence electrons. The zero-order valence-corrected chi connectivity index (χ0v) is 11.6. The first-order valence-corrected chi connectivity index (χ1v) is 7.23. The van der Waals surface area contributed by atoms with Gasteiger partial charge in [-0.1, -0.05) is 32.6 Å². The zero-order chi connectivity index (χ0) is 13.1. The molecule has 0 unspecified atom stereocenters. The van der Waals surface area contributed by atoms with Gasteiger partial charge in [0.05, 0.1) is 12.7 Å². The van der Waals surface area contributed by atoms with Crippen molar-refractivity contribution in [2.45, 2.75) is 58.0 Å². The lowest BCUT2D eigenvalue weighted by Gasteiger charge is -2.22. The Balaban J connectivity index is 2.05. The lowest BCUT2D eigenvalue weighted by molar-refractivity contribution is 0.0317. The van der Waals surface area contributed by atoms with E-state index in [1.54, 1.807) is 0 Å². The summed E-state index contributed by atoms with van der Waals surface area (Å²) in [6, 6.07) is 0. The molecular weight excluding hydrogens is 228 g/mol. The Bertz CT molecular complexity index is 227. The number of nitrogens with zero attached hydrogens (tertiary/aromatic N) is 1. The van der Waals surface area contributed by atoms with Crippen LogP contribution in [0.2, 0.25) is 0 Å². The summed E-state index contributed by atoms with van der Waals surface area (Å²) >= 11 is 0. The van der Waals surface area contributed by atoms with Crippen molar-refractivity contribution in [3.63, 3.8) is 0 Å². The number of hydrazine groups is 1. The van der Waals surface area contributed by atoms with Crippen LogP contribution in [0.25, 0.3) is 0 Å². The highest BCUT2D eigenvalue weighted by molar-refractivity contribution is 5.79. The molecule has 18 heavy (non-hydrogen) atoms. The van der Waals surface area contributed by atoms with Crippen LogP contribution in [-0.2, 0) is 4.74 Å². The van der Waals surface area contributed by atoms with E-state index in [0.717, 1.165) is 32.5 Å². The van der Waals surface area contributed by atoms with E-state index in [1.807, 2.05) is 0 Å². The number of nitrogens with one attached hydrogen (secondary N) is 2. The van der Waals surface area contributed by atoms with Crippen molar-refractivity contribution < 1.29 is 4.74 Å². The average Bonchev–Trinajstić information content (AvgIpc) is 2.43. The molecule has 0 aliphatic heterocycles. The van der Waals surface area contributed by atoms with Crippen molar-refractivity contribution in [3.8, 4) is 0 Å². The van der Waals surface area contributed by atoms with Gasteiger partial charge in [-0.05, 0) is 19.3 Å². The molecule has 1 rings (SSSR count). The van der Waals surface area contributed by atoms with Crippen LogP contribution in [0.3, 0.4) is 0 Å². The molecule has 0 aromatic heterocycles. The summed E-state index contributed by atoms with van der Waals surface area (Å²) in [5.41, 5.74) is 2.58. The molecule has 1 aliphatic carbocycles. The Morgan fingerprint density at radius 3 is 2.78 bits per heavy atom. The Kier molecular flexibility index (Phi) is 8.59. The monoisotopic (exact) mass is 256 g/mol. The Morgan fingerprint density at radius 1 is 1.33 bits per heavy atom. The fraction of sp³-hybridized carbons (Fsp3) is 0.923. The molecule has 0 aromatic rings. The van der Waals surface area contributed by atoms with Gasteiger partial charge in [-0.25, -0.2) is 5.84 Å². The van der Waals surface area contributed by atoms with Crippen LogP contribution in [-0.4, -0.2) is 31.8 Å². The number of ether oxygens (including phenoxy) is 1. The van der Waals surface area contributed by atoms with E-state index in [2.05, 4.69) is 22.7 Å². The Hall–Kier alpha value is -0.810. The molecule has 0 spiro atoms. The first-order valence-electron chi connectivity index (χ1n) is 7.23. The molecule has 0 atom stereocenters. The standard InChI is InChI=1S/C13H28N4O/c1-2-3-9-15-13(17-14)16-10-11-18-12-7-5-4-6-8-12/h12H,2-11,14H2,1H3,(H2,15,16,17). The second-order valence-corrected chi connectivity index (χ2v) is 4.79. The highest BCUT2D eigenvalue weighted by Crippen LogP contribution is 2.19. The van der Waals surface area contributed by atoms with E-state index in [9.17, 15) is 0 Å². The number of hydrogen-bond donors (Lipinski definition) is 3. The third kappa shape index (κ3) is 6.81. The van der Waals surface area contributed by atoms with E-state index >= 15 is 0 Å². The molecule has 4 N–H and O–H groups in total. The molecule has 5 nitrogen and oxygen atoms in total. The summed E-state index contributed by atoms with van der Waals surface area (Å²) in [6.07, 6.45) is 9.12. The normalized spacial score (nSPS) is 17.8. The van der Waals surface area contributed by atoms with Gasteiger partial charge in [0, 0.05) is 13.1 Å². The van der Waals surface area contributed by atoms with Gasteiger partial charge in [-0.2, -0.15) is 0 Å². The number of guanidine groups is 1. The zero-order valence-electron chi connectivity index (χ0n) is 11.6. The van der Waals surface area contributed by atoms with Crippen LogP contribution in [0.15, 0.2) is 4.99 Å². The van der Waals surface area contributed by atoms with Gasteiger partial charge >= 0.3 is 0 Å². The molecule has 0 amide bonds. The maximum absolute atomic E-state index is 5.82. The third-order valence-electron chi connectivity index (χ3n) is 3.22. The molecule has 0 saturated heterocycles. The fourth-order valence-corrected chi connectivity index (χ4v) is 2.13. The lowest BCUT2D eigenvalue weighted by Crippen LogP contribution is -2.43. The van der Waals surface area contributed by atoms with Crippen molar-refractivity contribution in [2.75, 3.05) is 19.7 Å². The number of rotatable bonds is 7. The van der Waals surface area contributed by atoms with Crippen molar-refractivity contribution in [1.82, 2.24) is 10.7 Å². The summed E-state index contributed by atoms with van der Waals surface area (Å²) in [4.78, 5) is 4.33. The smallest absolute Gasteiger partial charge is 0.205 e. The second-order valence-electron chi connectivity index (χ2n) is 4.79. The molecular formula is C13H28N4O. The number of unbranched alkanes of at least 4 members (excludes halogenated alkanes) is 1. The highest BCUT2D eigenvalue weighted by atomic mass is 16.5. The number of aliphatic imine (C=N–C) groups is 1. The van der Waals surface area contributed by atoms with Crippen LogP contribution in [0.4, 0.5) is 0 Å². The predicted octanol–water partition coefficient (Wildman–Crippen LogP) is 1.54. The first kappa shape index (κ1) is 15.2. The third-order valence-corrected chi connectivity index (χ3v) is 3.22. The average molecular weight is 256 g/mol. The van der Waals surface area contributed by atoms with Gasteiger partial charge < -0.3 is 10.1 Å². The molecule has 0 aromatic carbocycles. The SMILES string of the molecule is CCCCN=C(NN)NCCOC1CCCCC1. The summed E-state index contributed by atoms with van der Waals surface area (Å²) < 4.78 is 5.82. The molecule has 1 saturated carbocycles. The summed E-state index contributed by atoms with van der Waals surface area (Å²) in [7, 11) is 0. The molecule has 1 fully saturated rings. The van der Waals surface area contributed by atoms with Gasteiger partial charge in [0.15, 0.2) is 0 Å². The van der Waals surface area contributed by atoms with Gasteiger partial charge in [0.25, 0.3) is 0 Å². The summed E-state index contributed by atoms with van der Waals surface area (Å²) in [5, 5.41) is 3.16. The van der Waals surface area contributed by atoms with E-state index < -0.39 is 0 Å². The van der Waals surface area contributed by atoms with Gasteiger partial charge in [-0.15, -0.1) is 0 Å². The Morgan fingerprint density at radius 2 is 2.11 bits per heavy atom. The van der Waals surface area contributed by atoms with Crippen molar-refractivity contribution in [1.29, 1.82) is 0 Å². The maximum atomic E-state index is 5.82. The van der Waals surface area contributed by atoms with Crippen molar-refractivity contribution in [2.24, 2.45) is 10.8 Å². The molecule has 0 radical (unpaired) electrons. The van der Waals surface area contributed by atoms with Crippen LogP contribution in [0, 0.1) is 0 Å². The van der Waals surface area contributed by atoms with Crippen LogP contribution < -0.4 is 16.6 Å². The van der Waals surface area contributed by atoms with E-state index in [0.29, 0.717) is 12.1 Å². The van der Waals surface area contributed by atoms with E-state index in [1.165, 1.54) is 32.1 Å². The van der Waals surface area contributed by atoms with Crippen LogP contribution in [0.1, 0.15) is 51.9 Å². The lowest BCUT2D eigenvalue weighted by atomic mass is 9.98.